The van der Waals surface area contributed by atoms with E-state index in [2.05, 4.69) is 5.32 Å². The third-order valence-electron chi connectivity index (χ3n) is 1.82. The highest BCUT2D eigenvalue weighted by Crippen LogP contribution is 2.15. The smallest absolute Gasteiger partial charge is 0.260 e. The fraction of sp³-hybridized carbons (Fsp3) is 0.111. The largest absolute Gasteiger partial charge is 0.398 e. The number of benzene rings is 1. The zero-order valence-corrected chi connectivity index (χ0v) is 10.2. The molecule has 0 atom stereocenters. The average molecular weight is 265 g/mol. The molecule has 0 bridgehead atoms. The molecule has 7 heteroatoms. The van der Waals surface area contributed by atoms with Crippen molar-refractivity contribution in [2.45, 2.75) is 6.92 Å². The molecular formula is C9H14Cl2N4O. The van der Waals surface area contributed by atoms with Crippen LogP contribution in [-0.2, 0) is 0 Å². The van der Waals surface area contributed by atoms with Gasteiger partial charge in [0.1, 0.15) is 0 Å². The molecule has 0 fully saturated rings. The van der Waals surface area contributed by atoms with E-state index in [1.807, 2.05) is 0 Å². The van der Waals surface area contributed by atoms with Crippen molar-refractivity contribution in [3.63, 3.8) is 0 Å². The average Bonchev–Trinajstić information content (AvgIpc) is 2.08. The van der Waals surface area contributed by atoms with Gasteiger partial charge in [0.25, 0.3) is 5.91 Å². The predicted octanol–water partition coefficient (Wildman–Crippen LogP) is 1.04. The van der Waals surface area contributed by atoms with Gasteiger partial charge < -0.3 is 11.5 Å². The maximum absolute atomic E-state index is 11.4. The first-order chi connectivity index (χ1) is 6.52. The number of hydrogen-bond acceptors (Lipinski definition) is 3. The van der Waals surface area contributed by atoms with E-state index in [0.29, 0.717) is 11.3 Å². The summed E-state index contributed by atoms with van der Waals surface area (Å²) in [7, 11) is 0. The molecule has 0 aliphatic heterocycles. The number of rotatable bonds is 1. The number of guanidine groups is 1. The number of carbonyl (C=O) groups excluding carboxylic acids is 1. The van der Waals surface area contributed by atoms with Crippen molar-refractivity contribution >= 4 is 42.4 Å². The molecule has 1 amide bonds. The van der Waals surface area contributed by atoms with Gasteiger partial charge >= 0.3 is 0 Å². The van der Waals surface area contributed by atoms with Crippen molar-refractivity contribution in [1.29, 1.82) is 5.41 Å². The molecule has 5 nitrogen and oxygen atoms in total. The Morgan fingerprint density at radius 3 is 2.44 bits per heavy atom. The van der Waals surface area contributed by atoms with Crippen LogP contribution in [0.1, 0.15) is 15.9 Å². The Labute approximate surface area is 106 Å². The van der Waals surface area contributed by atoms with E-state index in [4.69, 9.17) is 16.9 Å². The zero-order chi connectivity index (χ0) is 10.7. The number of aryl methyl sites for hydroxylation is 1. The molecule has 1 aromatic carbocycles. The van der Waals surface area contributed by atoms with Gasteiger partial charge in [-0.05, 0) is 18.6 Å². The fourth-order valence-electron chi connectivity index (χ4n) is 1.07. The normalized spacial score (nSPS) is 8.31. The van der Waals surface area contributed by atoms with Gasteiger partial charge in [-0.15, -0.1) is 24.8 Å². The van der Waals surface area contributed by atoms with Crippen molar-refractivity contribution in [2.75, 3.05) is 5.73 Å². The first kappa shape index (κ1) is 17.0. The highest BCUT2D eigenvalue weighted by atomic mass is 35.5. The van der Waals surface area contributed by atoms with Crippen molar-refractivity contribution in [3.05, 3.63) is 29.3 Å². The van der Waals surface area contributed by atoms with Gasteiger partial charge in [-0.2, -0.15) is 0 Å². The van der Waals surface area contributed by atoms with Crippen molar-refractivity contribution in [2.24, 2.45) is 5.73 Å². The Morgan fingerprint density at radius 1 is 1.38 bits per heavy atom. The molecule has 1 rings (SSSR count). The van der Waals surface area contributed by atoms with Crippen LogP contribution in [0.15, 0.2) is 18.2 Å². The highest BCUT2D eigenvalue weighted by molar-refractivity contribution is 6.07. The van der Waals surface area contributed by atoms with Crippen molar-refractivity contribution < 1.29 is 4.79 Å². The summed E-state index contributed by atoms with van der Waals surface area (Å²) in [6.07, 6.45) is 0. The summed E-state index contributed by atoms with van der Waals surface area (Å²) in [5, 5.41) is 9.07. The molecular weight excluding hydrogens is 251 g/mol. The predicted molar refractivity (Wildman–Crippen MR) is 69.5 cm³/mol. The molecule has 0 spiro atoms. The molecule has 0 radical (unpaired) electrons. The molecule has 1 aromatic rings. The molecule has 6 N–H and O–H groups in total. The SMILES string of the molecule is Cc1cccc(C(=O)NC(=N)N)c1N.Cl.Cl. The van der Waals surface area contributed by atoms with Crippen LogP contribution in [-0.4, -0.2) is 11.9 Å². The minimum atomic E-state index is -0.460. The molecule has 0 aliphatic carbocycles. The summed E-state index contributed by atoms with van der Waals surface area (Å²) in [5.74, 6) is -0.852. The molecule has 0 aliphatic rings. The fourth-order valence-corrected chi connectivity index (χ4v) is 1.07. The minimum Gasteiger partial charge on any atom is -0.398 e. The van der Waals surface area contributed by atoms with Crippen molar-refractivity contribution in [1.82, 2.24) is 5.32 Å². The number of amides is 1. The molecule has 0 saturated carbocycles. The van der Waals surface area contributed by atoms with Crippen LogP contribution >= 0.6 is 24.8 Å². The van der Waals surface area contributed by atoms with Crippen molar-refractivity contribution in [3.8, 4) is 0 Å². The quantitative estimate of drug-likeness (QED) is 0.346. The summed E-state index contributed by atoms with van der Waals surface area (Å²) in [6, 6.07) is 5.11. The number of nitrogens with one attached hydrogen (secondary N) is 2. The van der Waals surface area contributed by atoms with E-state index in [1.54, 1.807) is 25.1 Å². The van der Waals surface area contributed by atoms with E-state index in [1.165, 1.54) is 0 Å². The minimum absolute atomic E-state index is 0. The second kappa shape index (κ2) is 6.92. The van der Waals surface area contributed by atoms with Gasteiger partial charge in [-0.3, -0.25) is 15.5 Å². The van der Waals surface area contributed by atoms with Crippen LogP contribution < -0.4 is 16.8 Å². The lowest BCUT2D eigenvalue weighted by Crippen LogP contribution is -2.36. The molecule has 0 unspecified atom stereocenters. The lowest BCUT2D eigenvalue weighted by Gasteiger charge is -2.07. The first-order valence-electron chi connectivity index (χ1n) is 4.03. The maximum Gasteiger partial charge on any atom is 0.260 e. The van der Waals surface area contributed by atoms with Crippen LogP contribution in [0.2, 0.25) is 0 Å². The monoisotopic (exact) mass is 264 g/mol. The van der Waals surface area contributed by atoms with Gasteiger partial charge in [-0.1, -0.05) is 12.1 Å². The van der Waals surface area contributed by atoms with Gasteiger partial charge in [0.2, 0.25) is 0 Å². The van der Waals surface area contributed by atoms with Gasteiger partial charge in [0, 0.05) is 5.69 Å². The third kappa shape index (κ3) is 3.96. The van der Waals surface area contributed by atoms with E-state index >= 15 is 0 Å². The Hall–Kier alpha value is -1.46. The number of carbonyl (C=O) groups is 1. The van der Waals surface area contributed by atoms with E-state index in [9.17, 15) is 4.79 Å². The van der Waals surface area contributed by atoms with Crippen LogP contribution in [0.3, 0.4) is 0 Å². The maximum atomic E-state index is 11.4. The first-order valence-corrected chi connectivity index (χ1v) is 4.03. The topological polar surface area (TPSA) is 105 Å². The Morgan fingerprint density at radius 2 is 1.94 bits per heavy atom. The summed E-state index contributed by atoms with van der Waals surface area (Å²) in [6.45, 7) is 1.81. The molecule has 0 heterocycles. The lowest BCUT2D eigenvalue weighted by atomic mass is 10.1. The van der Waals surface area contributed by atoms with Gasteiger partial charge in [0.15, 0.2) is 5.96 Å². The van der Waals surface area contributed by atoms with E-state index in [0.717, 1.165) is 5.56 Å². The van der Waals surface area contributed by atoms with E-state index < -0.39 is 11.9 Å². The Balaban J connectivity index is 0. The Kier molecular flexibility index (Phi) is 7.33. The number of para-hydroxylation sites is 1. The summed E-state index contributed by atoms with van der Waals surface area (Å²) < 4.78 is 0. The summed E-state index contributed by atoms with van der Waals surface area (Å²) in [5.41, 5.74) is 12.3. The molecule has 90 valence electrons. The lowest BCUT2D eigenvalue weighted by molar-refractivity contribution is 0.0977. The van der Waals surface area contributed by atoms with Gasteiger partial charge in [-0.25, -0.2) is 0 Å². The van der Waals surface area contributed by atoms with Crippen LogP contribution in [0.25, 0.3) is 0 Å². The van der Waals surface area contributed by atoms with Crippen LogP contribution in [0.4, 0.5) is 5.69 Å². The zero-order valence-electron chi connectivity index (χ0n) is 8.61. The number of nitrogen functional groups attached to an aromatic ring is 1. The molecule has 0 aromatic heterocycles. The van der Waals surface area contributed by atoms with Crippen LogP contribution in [0.5, 0.6) is 0 Å². The molecule has 16 heavy (non-hydrogen) atoms. The molecule has 0 saturated heterocycles. The number of nitrogens with two attached hydrogens (primary N) is 2. The second-order valence-electron chi connectivity index (χ2n) is 2.90. The number of hydrogen-bond donors (Lipinski definition) is 4. The third-order valence-corrected chi connectivity index (χ3v) is 1.82. The highest BCUT2D eigenvalue weighted by Gasteiger charge is 2.10. The number of halogens is 2. The summed E-state index contributed by atoms with van der Waals surface area (Å²) in [4.78, 5) is 11.4. The van der Waals surface area contributed by atoms with E-state index in [-0.39, 0.29) is 24.8 Å². The summed E-state index contributed by atoms with van der Waals surface area (Å²) >= 11 is 0. The number of anilines is 1. The van der Waals surface area contributed by atoms with Gasteiger partial charge in [0.05, 0.1) is 5.56 Å². The van der Waals surface area contributed by atoms with Crippen LogP contribution in [0, 0.1) is 12.3 Å². The standard InChI is InChI=1S/C9H12N4O.2ClH/c1-5-3-2-4-6(7(5)10)8(14)13-9(11)12;;/h2-4H,10H2,1H3,(H4,11,12,13,14);2*1H. The Bertz CT molecular complexity index is 395. The second-order valence-corrected chi connectivity index (χ2v) is 2.90.